The van der Waals surface area contributed by atoms with Crippen molar-refractivity contribution < 1.29 is 9.84 Å². The minimum Gasteiger partial charge on any atom is -0.497 e. The summed E-state index contributed by atoms with van der Waals surface area (Å²) in [6.07, 6.45) is 5.17. The molecule has 0 amide bonds. The summed E-state index contributed by atoms with van der Waals surface area (Å²) in [6.45, 7) is 7.02. The van der Waals surface area contributed by atoms with Gasteiger partial charge in [0.15, 0.2) is 0 Å². The van der Waals surface area contributed by atoms with Crippen molar-refractivity contribution in [2.24, 2.45) is 0 Å². The van der Waals surface area contributed by atoms with Gasteiger partial charge < -0.3 is 9.84 Å². The number of rotatable bonds is 8. The van der Waals surface area contributed by atoms with Gasteiger partial charge in [0.05, 0.1) is 12.8 Å². The molecule has 5 heteroatoms. The fourth-order valence-corrected chi connectivity index (χ4v) is 3.70. The third-order valence-corrected chi connectivity index (χ3v) is 5.25. The zero-order valence-electron chi connectivity index (χ0n) is 16.9. The fourth-order valence-electron chi connectivity index (χ4n) is 3.70. The third kappa shape index (κ3) is 5.89. The molecule has 0 bridgehead atoms. The second kappa shape index (κ2) is 10.4. The van der Waals surface area contributed by atoms with Crippen LogP contribution in [0.1, 0.15) is 23.4 Å². The van der Waals surface area contributed by atoms with E-state index in [4.69, 9.17) is 4.74 Å². The second-order valence-electron chi connectivity index (χ2n) is 7.34. The summed E-state index contributed by atoms with van der Waals surface area (Å²) >= 11 is 0. The fraction of sp³-hybridized carbons (Fsp3) is 0.435. The Morgan fingerprint density at radius 3 is 2.71 bits per heavy atom. The van der Waals surface area contributed by atoms with E-state index in [0.29, 0.717) is 6.04 Å². The average molecular weight is 382 g/mol. The Morgan fingerprint density at radius 1 is 1.18 bits per heavy atom. The predicted octanol–water partition coefficient (Wildman–Crippen LogP) is 2.98. The molecule has 1 N–H and O–H groups in total. The molecule has 3 rings (SSSR count). The Bertz CT molecular complexity index is 761. The van der Waals surface area contributed by atoms with Crippen LogP contribution in [-0.2, 0) is 6.54 Å². The van der Waals surface area contributed by atoms with Crippen LogP contribution in [0.25, 0.3) is 6.08 Å². The van der Waals surface area contributed by atoms with Crippen LogP contribution in [0.4, 0.5) is 0 Å². The van der Waals surface area contributed by atoms with E-state index in [1.54, 1.807) is 7.11 Å². The number of piperazine rings is 1. The number of hydrogen-bond acceptors (Lipinski definition) is 5. The van der Waals surface area contributed by atoms with Gasteiger partial charge in [-0.15, -0.1) is 0 Å². The van der Waals surface area contributed by atoms with E-state index >= 15 is 0 Å². The van der Waals surface area contributed by atoms with Crippen molar-refractivity contribution in [2.45, 2.75) is 25.9 Å². The summed E-state index contributed by atoms with van der Waals surface area (Å²) in [5.74, 6) is 0.878. The van der Waals surface area contributed by atoms with Crippen molar-refractivity contribution in [1.29, 1.82) is 0 Å². The first-order valence-corrected chi connectivity index (χ1v) is 9.98. The van der Waals surface area contributed by atoms with E-state index in [-0.39, 0.29) is 6.61 Å². The van der Waals surface area contributed by atoms with E-state index in [1.165, 1.54) is 5.56 Å². The van der Waals surface area contributed by atoms with Crippen molar-refractivity contribution in [3.05, 3.63) is 65.5 Å². The number of methoxy groups -OCH3 is 1. The largest absolute Gasteiger partial charge is 0.497 e. The molecule has 0 radical (unpaired) electrons. The van der Waals surface area contributed by atoms with Gasteiger partial charge in [-0.05, 0) is 43.2 Å². The van der Waals surface area contributed by atoms with Crippen LogP contribution in [0, 0.1) is 6.92 Å². The Hall–Kier alpha value is -2.21. The second-order valence-corrected chi connectivity index (χ2v) is 7.34. The van der Waals surface area contributed by atoms with Crippen LogP contribution in [-0.4, -0.2) is 65.8 Å². The molecule has 2 heterocycles. The minimum atomic E-state index is 0.220. The molecule has 2 aromatic rings. The summed E-state index contributed by atoms with van der Waals surface area (Å²) in [5, 5.41) is 9.52. The maximum atomic E-state index is 9.52. The molecule has 1 aromatic carbocycles. The van der Waals surface area contributed by atoms with Gasteiger partial charge >= 0.3 is 0 Å². The summed E-state index contributed by atoms with van der Waals surface area (Å²) in [4.78, 5) is 9.56. The van der Waals surface area contributed by atoms with Crippen molar-refractivity contribution in [2.75, 3.05) is 39.9 Å². The SMILES string of the molecule is COc1ccc(/C=C/CN2CCN(Cc3cccc(C)n3)C(CCO)C2)cc1. The van der Waals surface area contributed by atoms with Crippen molar-refractivity contribution in [3.8, 4) is 5.75 Å². The van der Waals surface area contributed by atoms with Crippen molar-refractivity contribution in [1.82, 2.24) is 14.8 Å². The average Bonchev–Trinajstić information content (AvgIpc) is 2.71. The number of benzene rings is 1. The highest BCUT2D eigenvalue weighted by molar-refractivity contribution is 5.50. The molecule has 1 atom stereocenters. The number of pyridine rings is 1. The van der Waals surface area contributed by atoms with Crippen molar-refractivity contribution >= 4 is 6.08 Å². The van der Waals surface area contributed by atoms with E-state index in [1.807, 2.05) is 25.1 Å². The minimum absolute atomic E-state index is 0.220. The molecule has 1 aromatic heterocycles. The predicted molar refractivity (Wildman–Crippen MR) is 113 cm³/mol. The molecule has 150 valence electrons. The number of aromatic nitrogens is 1. The van der Waals surface area contributed by atoms with Crippen molar-refractivity contribution in [3.63, 3.8) is 0 Å². The number of aryl methyl sites for hydroxylation is 1. The summed E-state index contributed by atoms with van der Waals surface area (Å²) in [7, 11) is 1.68. The van der Waals surface area contributed by atoms with E-state index in [9.17, 15) is 5.11 Å². The first-order chi connectivity index (χ1) is 13.7. The quantitative estimate of drug-likeness (QED) is 0.762. The smallest absolute Gasteiger partial charge is 0.118 e. The van der Waals surface area contributed by atoms with Gasteiger partial charge in [-0.1, -0.05) is 30.4 Å². The molecule has 1 fully saturated rings. The number of aliphatic hydroxyl groups excluding tert-OH is 1. The molecule has 0 spiro atoms. The Kier molecular flexibility index (Phi) is 7.60. The van der Waals surface area contributed by atoms with Gasteiger partial charge in [0.25, 0.3) is 0 Å². The van der Waals surface area contributed by atoms with Crippen LogP contribution >= 0.6 is 0 Å². The first kappa shape index (κ1) is 20.5. The lowest BCUT2D eigenvalue weighted by atomic mass is 10.1. The zero-order valence-corrected chi connectivity index (χ0v) is 16.9. The first-order valence-electron chi connectivity index (χ1n) is 9.98. The molecular formula is C23H31N3O2. The van der Waals surface area contributed by atoms with E-state index in [0.717, 1.165) is 56.3 Å². The standard InChI is InChI=1S/C23H31N3O2/c1-19-5-3-7-21(24-19)17-26-15-14-25(18-22(26)12-16-27)13-4-6-20-8-10-23(28-2)11-9-20/h3-11,22,27H,12-18H2,1-2H3/b6-4+. The number of aliphatic hydroxyl groups is 1. The normalized spacial score (nSPS) is 18.6. The van der Waals surface area contributed by atoms with E-state index in [2.05, 4.69) is 51.2 Å². The number of nitrogens with zero attached hydrogens (tertiary/aromatic N) is 3. The summed E-state index contributed by atoms with van der Waals surface area (Å²) in [6, 6.07) is 14.6. The van der Waals surface area contributed by atoms with E-state index < -0.39 is 0 Å². The topological polar surface area (TPSA) is 48.8 Å². The highest BCUT2D eigenvalue weighted by Gasteiger charge is 2.26. The highest BCUT2D eigenvalue weighted by atomic mass is 16.5. The van der Waals surface area contributed by atoms with Crippen LogP contribution < -0.4 is 4.74 Å². The molecule has 1 unspecified atom stereocenters. The van der Waals surface area contributed by atoms with Gasteiger partial charge in [0, 0.05) is 51.1 Å². The Morgan fingerprint density at radius 2 is 2.00 bits per heavy atom. The number of hydrogen-bond donors (Lipinski definition) is 1. The molecule has 0 aliphatic carbocycles. The molecule has 28 heavy (non-hydrogen) atoms. The molecule has 0 saturated carbocycles. The molecule has 1 saturated heterocycles. The summed E-state index contributed by atoms with van der Waals surface area (Å²) in [5.41, 5.74) is 3.34. The van der Waals surface area contributed by atoms with Crippen LogP contribution in [0.15, 0.2) is 48.5 Å². The molecule has 5 nitrogen and oxygen atoms in total. The third-order valence-electron chi connectivity index (χ3n) is 5.25. The highest BCUT2D eigenvalue weighted by Crippen LogP contribution is 2.17. The van der Waals surface area contributed by atoms with Gasteiger partial charge in [-0.25, -0.2) is 0 Å². The number of ether oxygens (including phenoxy) is 1. The maximum absolute atomic E-state index is 9.52. The Balaban J connectivity index is 1.54. The molecule has 1 aliphatic heterocycles. The monoisotopic (exact) mass is 381 g/mol. The lowest BCUT2D eigenvalue weighted by molar-refractivity contribution is 0.0587. The lowest BCUT2D eigenvalue weighted by Gasteiger charge is -2.41. The maximum Gasteiger partial charge on any atom is 0.118 e. The van der Waals surface area contributed by atoms with Gasteiger partial charge in [0.1, 0.15) is 5.75 Å². The van der Waals surface area contributed by atoms with Gasteiger partial charge in [-0.2, -0.15) is 0 Å². The summed E-state index contributed by atoms with van der Waals surface area (Å²) < 4.78 is 5.20. The van der Waals surface area contributed by atoms with Crippen LogP contribution in [0.3, 0.4) is 0 Å². The Labute approximate surface area is 168 Å². The molecular weight excluding hydrogens is 350 g/mol. The molecule has 1 aliphatic rings. The zero-order chi connectivity index (χ0) is 19.8. The van der Waals surface area contributed by atoms with Crippen LogP contribution in [0.5, 0.6) is 5.75 Å². The van der Waals surface area contributed by atoms with Gasteiger partial charge in [-0.3, -0.25) is 14.8 Å². The van der Waals surface area contributed by atoms with Gasteiger partial charge in [0.2, 0.25) is 0 Å². The van der Waals surface area contributed by atoms with Crippen LogP contribution in [0.2, 0.25) is 0 Å². The lowest BCUT2D eigenvalue weighted by Crippen LogP contribution is -2.52.